The first kappa shape index (κ1) is 11.5. The Bertz CT molecular complexity index is 359. The SMILES string of the molecule is C=C/C=C(\C=C/C)C1=CC=CC(C)C=C1. The molecule has 0 fully saturated rings. The van der Waals surface area contributed by atoms with Crippen LogP contribution in [0.25, 0.3) is 0 Å². The summed E-state index contributed by atoms with van der Waals surface area (Å²) < 4.78 is 0. The fourth-order valence-corrected chi connectivity index (χ4v) is 1.46. The van der Waals surface area contributed by atoms with Crippen LogP contribution in [0, 0.1) is 5.92 Å². The van der Waals surface area contributed by atoms with Gasteiger partial charge >= 0.3 is 0 Å². The van der Waals surface area contributed by atoms with Gasteiger partial charge in [-0.3, -0.25) is 0 Å². The highest BCUT2D eigenvalue weighted by Crippen LogP contribution is 2.18. The van der Waals surface area contributed by atoms with E-state index < -0.39 is 0 Å². The van der Waals surface area contributed by atoms with Gasteiger partial charge in [0.25, 0.3) is 0 Å². The second kappa shape index (κ2) is 6.02. The molecule has 0 heterocycles. The van der Waals surface area contributed by atoms with Crippen LogP contribution in [0.3, 0.4) is 0 Å². The minimum absolute atomic E-state index is 0.509. The zero-order valence-electron chi connectivity index (χ0n) is 9.48. The number of allylic oxidation sites excluding steroid dienone is 11. The zero-order chi connectivity index (χ0) is 11.1. The molecule has 0 aromatic rings. The van der Waals surface area contributed by atoms with Crippen LogP contribution in [0.15, 0.2) is 72.4 Å². The lowest BCUT2D eigenvalue weighted by molar-refractivity contribution is 0.942. The highest BCUT2D eigenvalue weighted by Gasteiger charge is 2.00. The summed E-state index contributed by atoms with van der Waals surface area (Å²) in [6, 6.07) is 0. The maximum Gasteiger partial charge on any atom is -0.00754 e. The van der Waals surface area contributed by atoms with Gasteiger partial charge in [-0.05, 0) is 24.0 Å². The van der Waals surface area contributed by atoms with Crippen molar-refractivity contribution in [2.24, 2.45) is 5.92 Å². The molecule has 0 aromatic heterocycles. The van der Waals surface area contributed by atoms with Gasteiger partial charge in [-0.1, -0.05) is 68.2 Å². The van der Waals surface area contributed by atoms with Gasteiger partial charge in [-0.2, -0.15) is 0 Å². The molecule has 1 atom stereocenters. The highest BCUT2D eigenvalue weighted by atomic mass is 14.0. The first-order valence-corrected chi connectivity index (χ1v) is 5.30. The molecule has 0 N–H and O–H groups in total. The summed E-state index contributed by atoms with van der Waals surface area (Å²) in [6.07, 6.45) is 18.8. The Morgan fingerprint density at radius 2 is 2.20 bits per heavy atom. The van der Waals surface area contributed by atoms with Gasteiger partial charge in [0.05, 0.1) is 0 Å². The smallest absolute Gasteiger partial charge is 0.00754 e. The summed E-state index contributed by atoms with van der Waals surface area (Å²) in [5, 5.41) is 0. The summed E-state index contributed by atoms with van der Waals surface area (Å²) in [7, 11) is 0. The molecule has 0 spiro atoms. The molecular formula is C15H18. The van der Waals surface area contributed by atoms with Crippen molar-refractivity contribution < 1.29 is 0 Å². The molecule has 1 rings (SSSR count). The first-order chi connectivity index (χ1) is 7.27. The van der Waals surface area contributed by atoms with Gasteiger partial charge < -0.3 is 0 Å². The maximum atomic E-state index is 3.74. The topological polar surface area (TPSA) is 0 Å². The van der Waals surface area contributed by atoms with E-state index in [1.807, 2.05) is 25.2 Å². The highest BCUT2D eigenvalue weighted by molar-refractivity contribution is 5.50. The average molecular weight is 198 g/mol. The summed E-state index contributed by atoms with van der Waals surface area (Å²) in [5.74, 6) is 0.509. The summed E-state index contributed by atoms with van der Waals surface area (Å²) in [4.78, 5) is 0. The normalized spacial score (nSPS) is 21.6. The Morgan fingerprint density at radius 1 is 1.40 bits per heavy atom. The van der Waals surface area contributed by atoms with E-state index in [0.29, 0.717) is 5.92 Å². The molecule has 1 aliphatic carbocycles. The Balaban J connectivity index is 3.00. The van der Waals surface area contributed by atoms with Crippen molar-refractivity contribution in [2.75, 3.05) is 0 Å². The fraction of sp³-hybridized carbons (Fsp3) is 0.200. The van der Waals surface area contributed by atoms with Crippen molar-refractivity contribution in [3.63, 3.8) is 0 Å². The Kier molecular flexibility index (Phi) is 4.62. The molecule has 0 amide bonds. The molecule has 15 heavy (non-hydrogen) atoms. The molecule has 0 nitrogen and oxygen atoms in total. The molecule has 0 saturated carbocycles. The van der Waals surface area contributed by atoms with Crippen molar-refractivity contribution >= 4 is 0 Å². The lowest BCUT2D eigenvalue weighted by atomic mass is 10.0. The standard InChI is InChI=1S/C15H18/c1-4-7-14(8-5-2)15-10-6-9-13(3)11-12-15/h4-13H,1H2,2-3H3/b8-5-,14-7+. The van der Waals surface area contributed by atoms with E-state index in [-0.39, 0.29) is 0 Å². The second-order valence-electron chi connectivity index (χ2n) is 3.58. The van der Waals surface area contributed by atoms with Crippen LogP contribution in [-0.4, -0.2) is 0 Å². The summed E-state index contributed by atoms with van der Waals surface area (Å²) in [6.45, 7) is 7.94. The molecule has 0 aromatic carbocycles. The van der Waals surface area contributed by atoms with Crippen LogP contribution in [0.5, 0.6) is 0 Å². The fourth-order valence-electron chi connectivity index (χ4n) is 1.46. The monoisotopic (exact) mass is 198 g/mol. The molecule has 0 aliphatic heterocycles. The number of hydrogen-bond donors (Lipinski definition) is 0. The van der Waals surface area contributed by atoms with Crippen LogP contribution >= 0.6 is 0 Å². The van der Waals surface area contributed by atoms with Gasteiger partial charge in [0.1, 0.15) is 0 Å². The van der Waals surface area contributed by atoms with Gasteiger partial charge in [0.2, 0.25) is 0 Å². The predicted molar refractivity (Wildman–Crippen MR) is 68.6 cm³/mol. The molecule has 78 valence electrons. The molecule has 1 aliphatic rings. The van der Waals surface area contributed by atoms with Crippen molar-refractivity contribution in [1.82, 2.24) is 0 Å². The van der Waals surface area contributed by atoms with Crippen molar-refractivity contribution in [3.05, 3.63) is 72.4 Å². The third kappa shape index (κ3) is 3.59. The molecular weight excluding hydrogens is 180 g/mol. The lowest BCUT2D eigenvalue weighted by Crippen LogP contribution is -1.83. The quantitative estimate of drug-likeness (QED) is 0.591. The van der Waals surface area contributed by atoms with E-state index in [4.69, 9.17) is 0 Å². The Morgan fingerprint density at radius 3 is 2.87 bits per heavy atom. The maximum absolute atomic E-state index is 3.74. The largest absolute Gasteiger partial charge is 0.0990 e. The van der Waals surface area contributed by atoms with Crippen LogP contribution in [0.1, 0.15) is 13.8 Å². The molecule has 0 bridgehead atoms. The van der Waals surface area contributed by atoms with Crippen molar-refractivity contribution in [3.8, 4) is 0 Å². The summed E-state index contributed by atoms with van der Waals surface area (Å²) >= 11 is 0. The minimum atomic E-state index is 0.509. The van der Waals surface area contributed by atoms with Crippen LogP contribution in [0.4, 0.5) is 0 Å². The van der Waals surface area contributed by atoms with Crippen LogP contribution in [0.2, 0.25) is 0 Å². The Labute approximate surface area is 92.7 Å². The van der Waals surface area contributed by atoms with Crippen molar-refractivity contribution in [1.29, 1.82) is 0 Å². The number of rotatable bonds is 3. The van der Waals surface area contributed by atoms with Gasteiger partial charge in [-0.25, -0.2) is 0 Å². The van der Waals surface area contributed by atoms with E-state index in [9.17, 15) is 0 Å². The van der Waals surface area contributed by atoms with E-state index in [1.165, 1.54) is 11.1 Å². The van der Waals surface area contributed by atoms with Gasteiger partial charge in [0.15, 0.2) is 0 Å². The van der Waals surface area contributed by atoms with Crippen LogP contribution in [-0.2, 0) is 0 Å². The molecule has 1 unspecified atom stereocenters. The van der Waals surface area contributed by atoms with E-state index in [2.05, 4.69) is 50.0 Å². The second-order valence-corrected chi connectivity index (χ2v) is 3.58. The van der Waals surface area contributed by atoms with E-state index >= 15 is 0 Å². The third-order valence-corrected chi connectivity index (χ3v) is 2.25. The first-order valence-electron chi connectivity index (χ1n) is 5.30. The zero-order valence-corrected chi connectivity index (χ0v) is 9.48. The van der Waals surface area contributed by atoms with Gasteiger partial charge in [0, 0.05) is 0 Å². The molecule has 0 saturated heterocycles. The lowest BCUT2D eigenvalue weighted by Gasteiger charge is -2.01. The van der Waals surface area contributed by atoms with E-state index in [0.717, 1.165) is 0 Å². The third-order valence-electron chi connectivity index (χ3n) is 2.25. The average Bonchev–Trinajstić information content (AvgIpc) is 2.43. The van der Waals surface area contributed by atoms with Crippen LogP contribution < -0.4 is 0 Å². The number of hydrogen-bond acceptors (Lipinski definition) is 0. The Hall–Kier alpha value is -1.56. The van der Waals surface area contributed by atoms with Gasteiger partial charge in [-0.15, -0.1) is 0 Å². The summed E-state index contributed by atoms with van der Waals surface area (Å²) in [5.41, 5.74) is 2.43. The minimum Gasteiger partial charge on any atom is -0.0990 e. The van der Waals surface area contributed by atoms with Crippen molar-refractivity contribution in [2.45, 2.75) is 13.8 Å². The van der Waals surface area contributed by atoms with E-state index in [1.54, 1.807) is 0 Å². The predicted octanol–water partition coefficient (Wildman–Crippen LogP) is 4.36. The molecule has 0 radical (unpaired) electrons. The molecule has 0 heteroatoms.